The maximum atomic E-state index is 6.32. The Morgan fingerprint density at radius 2 is 2.20 bits per heavy atom. The standard InChI is InChI=1S/C15H20ClN3O/c1-4-17-14(11-7-6-8-12(9-11)20-3)15-13(16)10-18-19(15)5-2/h6-10,14,17H,4-5H2,1-3H3. The zero-order chi connectivity index (χ0) is 14.5. The molecule has 108 valence electrons. The lowest BCUT2D eigenvalue weighted by Gasteiger charge is -2.20. The van der Waals surface area contributed by atoms with Gasteiger partial charge in [-0.15, -0.1) is 0 Å². The van der Waals surface area contributed by atoms with Crippen LogP contribution in [0.3, 0.4) is 0 Å². The van der Waals surface area contributed by atoms with E-state index < -0.39 is 0 Å². The number of hydrogen-bond donors (Lipinski definition) is 1. The third-order valence-corrected chi connectivity index (χ3v) is 3.53. The largest absolute Gasteiger partial charge is 0.497 e. The Balaban J connectivity index is 2.47. The average molecular weight is 294 g/mol. The quantitative estimate of drug-likeness (QED) is 0.888. The van der Waals surface area contributed by atoms with Crippen molar-refractivity contribution in [2.75, 3.05) is 13.7 Å². The van der Waals surface area contributed by atoms with Crippen LogP contribution in [0.5, 0.6) is 5.75 Å². The van der Waals surface area contributed by atoms with Crippen LogP contribution in [0, 0.1) is 0 Å². The lowest BCUT2D eigenvalue weighted by molar-refractivity contribution is 0.413. The Kier molecular flexibility index (Phi) is 5.04. The highest BCUT2D eigenvalue weighted by Gasteiger charge is 2.21. The fraction of sp³-hybridized carbons (Fsp3) is 0.400. The summed E-state index contributed by atoms with van der Waals surface area (Å²) in [5.74, 6) is 0.837. The molecule has 0 spiro atoms. The third kappa shape index (κ3) is 2.97. The Bertz CT molecular complexity index is 568. The van der Waals surface area contributed by atoms with Crippen molar-refractivity contribution in [1.29, 1.82) is 0 Å². The molecule has 5 heteroatoms. The summed E-state index contributed by atoms with van der Waals surface area (Å²) in [5.41, 5.74) is 2.10. The molecular formula is C15H20ClN3O. The lowest BCUT2D eigenvalue weighted by atomic mass is 10.0. The molecule has 1 N–H and O–H groups in total. The molecule has 1 atom stereocenters. The van der Waals surface area contributed by atoms with Crippen molar-refractivity contribution in [2.45, 2.75) is 26.4 Å². The molecule has 1 unspecified atom stereocenters. The summed E-state index contributed by atoms with van der Waals surface area (Å²) in [6, 6.07) is 8.02. The molecular weight excluding hydrogens is 274 g/mol. The molecule has 0 radical (unpaired) electrons. The van der Waals surface area contributed by atoms with E-state index in [9.17, 15) is 0 Å². The van der Waals surface area contributed by atoms with Crippen molar-refractivity contribution in [3.63, 3.8) is 0 Å². The van der Waals surface area contributed by atoms with E-state index in [1.807, 2.05) is 22.9 Å². The second-order valence-electron chi connectivity index (χ2n) is 4.46. The summed E-state index contributed by atoms with van der Waals surface area (Å²) in [4.78, 5) is 0. The fourth-order valence-corrected chi connectivity index (χ4v) is 2.56. The molecule has 1 aromatic carbocycles. The molecule has 0 aliphatic carbocycles. The molecule has 20 heavy (non-hydrogen) atoms. The first-order valence-corrected chi connectivity index (χ1v) is 7.17. The number of nitrogens with one attached hydrogen (secondary N) is 1. The molecule has 0 aliphatic heterocycles. The summed E-state index contributed by atoms with van der Waals surface area (Å²) >= 11 is 6.32. The SMILES string of the molecule is CCNC(c1cccc(OC)c1)c1c(Cl)cnn1CC. The summed E-state index contributed by atoms with van der Waals surface area (Å²) < 4.78 is 7.23. The van der Waals surface area contributed by atoms with Gasteiger partial charge in [-0.25, -0.2) is 0 Å². The van der Waals surface area contributed by atoms with Gasteiger partial charge in [0, 0.05) is 6.54 Å². The number of rotatable bonds is 6. The van der Waals surface area contributed by atoms with E-state index in [4.69, 9.17) is 16.3 Å². The minimum atomic E-state index is 0.00468. The predicted octanol–water partition coefficient (Wildman–Crippen LogP) is 3.26. The summed E-state index contributed by atoms with van der Waals surface area (Å²) in [5, 5.41) is 8.47. The van der Waals surface area contributed by atoms with Gasteiger partial charge in [-0.05, 0) is 31.2 Å². The minimum absolute atomic E-state index is 0.00468. The van der Waals surface area contributed by atoms with Crippen LogP contribution in [0.1, 0.15) is 31.1 Å². The number of halogens is 1. The summed E-state index contributed by atoms with van der Waals surface area (Å²) in [6.45, 7) is 5.76. The van der Waals surface area contributed by atoms with Crippen LogP contribution in [-0.2, 0) is 6.54 Å². The number of methoxy groups -OCH3 is 1. The number of nitrogens with zero attached hydrogens (tertiary/aromatic N) is 2. The van der Waals surface area contributed by atoms with Crippen molar-refractivity contribution >= 4 is 11.6 Å². The van der Waals surface area contributed by atoms with Gasteiger partial charge in [-0.1, -0.05) is 30.7 Å². The highest BCUT2D eigenvalue weighted by atomic mass is 35.5. The molecule has 0 bridgehead atoms. The average Bonchev–Trinajstić information content (AvgIpc) is 2.85. The first kappa shape index (κ1) is 14.9. The van der Waals surface area contributed by atoms with Crippen LogP contribution in [0.15, 0.2) is 30.5 Å². The summed E-state index contributed by atoms with van der Waals surface area (Å²) in [7, 11) is 1.67. The summed E-state index contributed by atoms with van der Waals surface area (Å²) in [6.07, 6.45) is 1.70. The topological polar surface area (TPSA) is 39.1 Å². The van der Waals surface area contributed by atoms with Gasteiger partial charge in [0.2, 0.25) is 0 Å². The van der Waals surface area contributed by atoms with Gasteiger partial charge in [0.1, 0.15) is 5.75 Å². The molecule has 0 saturated carbocycles. The van der Waals surface area contributed by atoms with Crippen LogP contribution in [0.4, 0.5) is 0 Å². The van der Waals surface area contributed by atoms with Gasteiger partial charge in [-0.3, -0.25) is 4.68 Å². The van der Waals surface area contributed by atoms with Gasteiger partial charge in [0.05, 0.1) is 30.1 Å². The molecule has 2 rings (SSSR count). The lowest BCUT2D eigenvalue weighted by Crippen LogP contribution is -2.25. The number of aryl methyl sites for hydroxylation is 1. The molecule has 1 aromatic heterocycles. The van der Waals surface area contributed by atoms with E-state index in [2.05, 4.69) is 30.3 Å². The smallest absolute Gasteiger partial charge is 0.119 e. The van der Waals surface area contributed by atoms with Crippen molar-refractivity contribution in [3.05, 3.63) is 46.7 Å². The Morgan fingerprint density at radius 3 is 2.85 bits per heavy atom. The Hall–Kier alpha value is -1.52. The zero-order valence-corrected chi connectivity index (χ0v) is 12.8. The Morgan fingerprint density at radius 1 is 1.40 bits per heavy atom. The maximum absolute atomic E-state index is 6.32. The van der Waals surface area contributed by atoms with Crippen LogP contribution >= 0.6 is 11.6 Å². The number of benzene rings is 1. The molecule has 1 heterocycles. The van der Waals surface area contributed by atoms with Crippen LogP contribution < -0.4 is 10.1 Å². The van der Waals surface area contributed by atoms with Gasteiger partial charge in [0.15, 0.2) is 0 Å². The van der Waals surface area contributed by atoms with Gasteiger partial charge in [-0.2, -0.15) is 5.10 Å². The van der Waals surface area contributed by atoms with Gasteiger partial charge >= 0.3 is 0 Å². The number of hydrogen-bond acceptors (Lipinski definition) is 3. The second-order valence-corrected chi connectivity index (χ2v) is 4.87. The molecule has 0 aliphatic rings. The molecule has 0 amide bonds. The minimum Gasteiger partial charge on any atom is -0.497 e. The van der Waals surface area contributed by atoms with Crippen LogP contribution in [0.2, 0.25) is 5.02 Å². The predicted molar refractivity (Wildman–Crippen MR) is 81.4 cm³/mol. The first-order chi connectivity index (χ1) is 9.71. The van der Waals surface area contributed by atoms with Crippen LogP contribution in [0.25, 0.3) is 0 Å². The fourth-order valence-electron chi connectivity index (χ4n) is 2.31. The van der Waals surface area contributed by atoms with Crippen molar-refractivity contribution < 1.29 is 4.74 Å². The highest BCUT2D eigenvalue weighted by molar-refractivity contribution is 6.31. The van der Waals surface area contributed by atoms with Crippen molar-refractivity contribution in [3.8, 4) is 5.75 Å². The molecule has 0 fully saturated rings. The highest BCUT2D eigenvalue weighted by Crippen LogP contribution is 2.30. The van der Waals surface area contributed by atoms with Gasteiger partial charge in [0.25, 0.3) is 0 Å². The molecule has 4 nitrogen and oxygen atoms in total. The van der Waals surface area contributed by atoms with Crippen molar-refractivity contribution in [2.24, 2.45) is 0 Å². The Labute approximate surface area is 124 Å². The molecule has 2 aromatic rings. The van der Waals surface area contributed by atoms with Crippen LogP contribution in [-0.4, -0.2) is 23.4 Å². The monoisotopic (exact) mass is 293 g/mol. The van der Waals surface area contributed by atoms with E-state index in [1.54, 1.807) is 13.3 Å². The zero-order valence-electron chi connectivity index (χ0n) is 12.1. The molecule has 0 saturated heterocycles. The number of ether oxygens (including phenoxy) is 1. The van der Waals surface area contributed by atoms with E-state index in [0.29, 0.717) is 5.02 Å². The maximum Gasteiger partial charge on any atom is 0.119 e. The van der Waals surface area contributed by atoms with E-state index >= 15 is 0 Å². The second kappa shape index (κ2) is 6.77. The number of aromatic nitrogens is 2. The van der Waals surface area contributed by atoms with E-state index in [0.717, 1.165) is 30.1 Å². The normalized spacial score (nSPS) is 12.4. The van der Waals surface area contributed by atoms with E-state index in [-0.39, 0.29) is 6.04 Å². The first-order valence-electron chi connectivity index (χ1n) is 6.79. The van der Waals surface area contributed by atoms with Crippen molar-refractivity contribution in [1.82, 2.24) is 15.1 Å². The van der Waals surface area contributed by atoms with Gasteiger partial charge < -0.3 is 10.1 Å². The van der Waals surface area contributed by atoms with E-state index in [1.165, 1.54) is 0 Å². The third-order valence-electron chi connectivity index (χ3n) is 3.24.